The number of rotatable bonds is 4. The molecule has 16 heavy (non-hydrogen) atoms. The molecule has 0 fully saturated rings. The first-order valence-electron chi connectivity index (χ1n) is 5.34. The lowest BCUT2D eigenvalue weighted by atomic mass is 10.4. The van der Waals surface area contributed by atoms with Gasteiger partial charge < -0.3 is 14.2 Å². The van der Waals surface area contributed by atoms with E-state index in [0.717, 1.165) is 28.9 Å². The van der Waals surface area contributed by atoms with Gasteiger partial charge in [-0.3, -0.25) is 0 Å². The molecular weight excluding hydrogens is 204 g/mol. The second-order valence-corrected chi connectivity index (χ2v) is 3.87. The van der Waals surface area contributed by atoms with E-state index in [4.69, 9.17) is 8.83 Å². The highest BCUT2D eigenvalue weighted by molar-refractivity contribution is 5.06. The third-order valence-electron chi connectivity index (χ3n) is 2.44. The molecular formula is C12H16N2O2. The highest BCUT2D eigenvalue weighted by Gasteiger charge is 2.05. The summed E-state index contributed by atoms with van der Waals surface area (Å²) in [5.41, 5.74) is 0.950. The summed E-state index contributed by atoms with van der Waals surface area (Å²) >= 11 is 0. The van der Waals surface area contributed by atoms with Crippen molar-refractivity contribution in [1.82, 2.24) is 10.3 Å². The Morgan fingerprint density at radius 1 is 1.12 bits per heavy atom. The average Bonchev–Trinajstić information content (AvgIpc) is 2.75. The van der Waals surface area contributed by atoms with Crippen molar-refractivity contribution in [2.45, 2.75) is 33.9 Å². The SMILES string of the molecule is Cc1ccc(CNCc2nc(C)c(C)o2)o1. The van der Waals surface area contributed by atoms with Crippen molar-refractivity contribution in [2.24, 2.45) is 0 Å². The molecule has 0 radical (unpaired) electrons. The molecule has 2 aromatic rings. The first kappa shape index (κ1) is 11.0. The predicted octanol–water partition coefficient (Wildman–Crippen LogP) is 2.48. The summed E-state index contributed by atoms with van der Waals surface area (Å²) < 4.78 is 10.9. The van der Waals surface area contributed by atoms with E-state index in [2.05, 4.69) is 10.3 Å². The predicted molar refractivity (Wildman–Crippen MR) is 60.0 cm³/mol. The first-order valence-corrected chi connectivity index (χ1v) is 5.34. The van der Waals surface area contributed by atoms with Crippen LogP contribution in [0.1, 0.15) is 28.9 Å². The molecule has 2 rings (SSSR count). The fourth-order valence-electron chi connectivity index (χ4n) is 1.49. The summed E-state index contributed by atoms with van der Waals surface area (Å²) in [6.45, 7) is 7.10. The summed E-state index contributed by atoms with van der Waals surface area (Å²) in [5.74, 6) is 3.46. The fraction of sp³-hybridized carbons (Fsp3) is 0.417. The van der Waals surface area contributed by atoms with Crippen LogP contribution in [-0.4, -0.2) is 4.98 Å². The quantitative estimate of drug-likeness (QED) is 0.860. The van der Waals surface area contributed by atoms with Crippen molar-refractivity contribution in [3.05, 3.63) is 41.0 Å². The van der Waals surface area contributed by atoms with Crippen molar-refractivity contribution in [3.8, 4) is 0 Å². The van der Waals surface area contributed by atoms with Crippen LogP contribution in [0, 0.1) is 20.8 Å². The minimum atomic E-state index is 0.619. The Balaban J connectivity index is 1.84. The summed E-state index contributed by atoms with van der Waals surface area (Å²) in [6, 6.07) is 3.92. The lowest BCUT2D eigenvalue weighted by Gasteiger charge is -1.98. The maximum atomic E-state index is 5.45. The van der Waals surface area contributed by atoms with E-state index in [1.807, 2.05) is 32.9 Å². The van der Waals surface area contributed by atoms with Crippen LogP contribution in [0.4, 0.5) is 0 Å². The van der Waals surface area contributed by atoms with Crippen molar-refractivity contribution < 1.29 is 8.83 Å². The molecule has 0 aliphatic rings. The number of aromatic nitrogens is 1. The van der Waals surface area contributed by atoms with Crippen molar-refractivity contribution in [1.29, 1.82) is 0 Å². The molecule has 0 aromatic carbocycles. The van der Waals surface area contributed by atoms with Crippen molar-refractivity contribution in [3.63, 3.8) is 0 Å². The van der Waals surface area contributed by atoms with E-state index in [1.54, 1.807) is 0 Å². The zero-order valence-corrected chi connectivity index (χ0v) is 9.83. The van der Waals surface area contributed by atoms with Gasteiger partial charge in [0.2, 0.25) is 5.89 Å². The third kappa shape index (κ3) is 2.52. The molecule has 2 aromatic heterocycles. The standard InChI is InChI=1S/C12H16N2O2/c1-8-4-5-11(15-8)6-13-7-12-14-9(2)10(3)16-12/h4-5,13H,6-7H2,1-3H3. The van der Waals surface area contributed by atoms with Gasteiger partial charge in [0.25, 0.3) is 0 Å². The normalized spacial score (nSPS) is 10.9. The van der Waals surface area contributed by atoms with Gasteiger partial charge >= 0.3 is 0 Å². The number of nitrogens with zero attached hydrogens (tertiary/aromatic N) is 1. The van der Waals surface area contributed by atoms with Gasteiger partial charge in [0.15, 0.2) is 0 Å². The van der Waals surface area contributed by atoms with Crippen LogP contribution >= 0.6 is 0 Å². The number of oxazole rings is 1. The van der Waals surface area contributed by atoms with Gasteiger partial charge in [-0.05, 0) is 32.9 Å². The summed E-state index contributed by atoms with van der Waals surface area (Å²) in [7, 11) is 0. The van der Waals surface area contributed by atoms with Gasteiger partial charge in [0.05, 0.1) is 18.8 Å². The third-order valence-corrected chi connectivity index (χ3v) is 2.44. The molecule has 0 spiro atoms. The molecule has 4 heteroatoms. The van der Waals surface area contributed by atoms with Crippen LogP contribution in [-0.2, 0) is 13.1 Å². The maximum absolute atomic E-state index is 5.45. The monoisotopic (exact) mass is 220 g/mol. The molecule has 0 aliphatic carbocycles. The highest BCUT2D eigenvalue weighted by atomic mass is 16.4. The van der Waals surface area contributed by atoms with Gasteiger partial charge in [-0.2, -0.15) is 0 Å². The maximum Gasteiger partial charge on any atom is 0.208 e. The van der Waals surface area contributed by atoms with Gasteiger partial charge in [0, 0.05) is 0 Å². The molecule has 0 saturated heterocycles. The van der Waals surface area contributed by atoms with Crippen LogP contribution < -0.4 is 5.32 Å². The van der Waals surface area contributed by atoms with E-state index in [-0.39, 0.29) is 0 Å². The van der Waals surface area contributed by atoms with Crippen LogP contribution in [0.25, 0.3) is 0 Å². The van der Waals surface area contributed by atoms with Crippen LogP contribution in [0.3, 0.4) is 0 Å². The molecule has 1 N–H and O–H groups in total. The van der Waals surface area contributed by atoms with Gasteiger partial charge in [-0.25, -0.2) is 4.98 Å². The number of aryl methyl sites for hydroxylation is 3. The second kappa shape index (κ2) is 4.53. The Morgan fingerprint density at radius 3 is 2.50 bits per heavy atom. The molecule has 0 bridgehead atoms. The van der Waals surface area contributed by atoms with Gasteiger partial charge in [0.1, 0.15) is 17.3 Å². The first-order chi connectivity index (χ1) is 7.65. The fourth-order valence-corrected chi connectivity index (χ4v) is 1.49. The zero-order chi connectivity index (χ0) is 11.5. The number of hydrogen-bond acceptors (Lipinski definition) is 4. The van der Waals surface area contributed by atoms with Gasteiger partial charge in [-0.1, -0.05) is 0 Å². The Labute approximate surface area is 94.7 Å². The summed E-state index contributed by atoms with van der Waals surface area (Å²) in [4.78, 5) is 4.29. The molecule has 0 amide bonds. The Bertz CT molecular complexity index is 452. The molecule has 0 saturated carbocycles. The van der Waals surface area contributed by atoms with E-state index in [9.17, 15) is 0 Å². The van der Waals surface area contributed by atoms with E-state index in [0.29, 0.717) is 13.1 Å². The second-order valence-electron chi connectivity index (χ2n) is 3.87. The molecule has 0 unspecified atom stereocenters. The summed E-state index contributed by atoms with van der Waals surface area (Å²) in [5, 5.41) is 3.22. The Morgan fingerprint density at radius 2 is 1.94 bits per heavy atom. The Kier molecular flexibility index (Phi) is 3.10. The lowest BCUT2D eigenvalue weighted by molar-refractivity contribution is 0.425. The number of hydrogen-bond donors (Lipinski definition) is 1. The summed E-state index contributed by atoms with van der Waals surface area (Å²) in [6.07, 6.45) is 0. The smallest absolute Gasteiger partial charge is 0.208 e. The average molecular weight is 220 g/mol. The molecule has 0 aliphatic heterocycles. The van der Waals surface area contributed by atoms with E-state index >= 15 is 0 Å². The molecule has 2 heterocycles. The van der Waals surface area contributed by atoms with Crippen molar-refractivity contribution >= 4 is 0 Å². The van der Waals surface area contributed by atoms with Gasteiger partial charge in [-0.15, -0.1) is 0 Å². The zero-order valence-electron chi connectivity index (χ0n) is 9.83. The van der Waals surface area contributed by atoms with Crippen LogP contribution in [0.15, 0.2) is 21.0 Å². The number of nitrogens with one attached hydrogen (secondary N) is 1. The Hall–Kier alpha value is -1.55. The topological polar surface area (TPSA) is 51.2 Å². The minimum absolute atomic E-state index is 0.619. The largest absolute Gasteiger partial charge is 0.465 e. The molecule has 4 nitrogen and oxygen atoms in total. The number of furan rings is 1. The van der Waals surface area contributed by atoms with Crippen molar-refractivity contribution in [2.75, 3.05) is 0 Å². The van der Waals surface area contributed by atoms with Crippen LogP contribution in [0.5, 0.6) is 0 Å². The minimum Gasteiger partial charge on any atom is -0.465 e. The van der Waals surface area contributed by atoms with E-state index < -0.39 is 0 Å². The lowest BCUT2D eigenvalue weighted by Crippen LogP contribution is -2.12. The molecule has 0 atom stereocenters. The highest BCUT2D eigenvalue weighted by Crippen LogP contribution is 2.09. The van der Waals surface area contributed by atoms with E-state index in [1.165, 1.54) is 0 Å². The van der Waals surface area contributed by atoms with Crippen LogP contribution in [0.2, 0.25) is 0 Å². The molecule has 86 valence electrons.